The van der Waals surface area contributed by atoms with Crippen molar-refractivity contribution in [2.24, 2.45) is 0 Å². The number of rotatable bonds is 5. The van der Waals surface area contributed by atoms with Crippen LogP contribution in [0.15, 0.2) is 78.9 Å². The lowest BCUT2D eigenvalue weighted by Gasteiger charge is -2.13. The lowest BCUT2D eigenvalue weighted by Crippen LogP contribution is -1.98. The Morgan fingerprint density at radius 2 is 1.65 bits per heavy atom. The summed E-state index contributed by atoms with van der Waals surface area (Å²) < 4.78 is 6.15. The van der Waals surface area contributed by atoms with E-state index in [1.165, 1.54) is 0 Å². The van der Waals surface area contributed by atoms with E-state index in [9.17, 15) is 5.26 Å². The number of allylic oxidation sites excluding steroid dienone is 1. The molecule has 0 radical (unpaired) electrons. The number of hydrogen-bond acceptors (Lipinski definition) is 2. The Labute approximate surface area is 195 Å². The van der Waals surface area contributed by atoms with Crippen molar-refractivity contribution in [1.82, 2.24) is 0 Å². The number of hydrogen-bond donors (Lipinski definition) is 0. The Hall–Kier alpha value is -2.96. The number of ether oxygens (including phenoxy) is 1. The largest absolute Gasteiger partial charge is 0.488 e. The quantitative estimate of drug-likeness (QED) is 0.219. The minimum atomic E-state index is 0.380. The lowest BCUT2D eigenvalue weighted by atomic mass is 9.98. The van der Waals surface area contributed by atoms with Gasteiger partial charge in [-0.25, -0.2) is 0 Å². The molecule has 0 saturated heterocycles. The Morgan fingerprint density at radius 1 is 0.871 bits per heavy atom. The zero-order chi connectivity index (χ0) is 21.8. The van der Waals surface area contributed by atoms with Gasteiger partial charge in [-0.15, -0.1) is 0 Å². The van der Waals surface area contributed by atoms with E-state index in [0.717, 1.165) is 21.9 Å². The van der Waals surface area contributed by atoms with E-state index in [4.69, 9.17) is 39.5 Å². The van der Waals surface area contributed by atoms with Crippen molar-refractivity contribution in [2.75, 3.05) is 0 Å². The molecule has 0 atom stereocenters. The molecule has 152 valence electrons. The van der Waals surface area contributed by atoms with Gasteiger partial charge in [0.15, 0.2) is 0 Å². The molecule has 2 nitrogen and oxygen atoms in total. The van der Waals surface area contributed by atoms with E-state index in [-0.39, 0.29) is 0 Å². The van der Waals surface area contributed by atoms with E-state index in [0.29, 0.717) is 38.6 Å². The predicted octanol–water partition coefficient (Wildman–Crippen LogP) is 8.44. The van der Waals surface area contributed by atoms with E-state index >= 15 is 0 Å². The number of halogens is 3. The molecule has 0 bridgehead atoms. The van der Waals surface area contributed by atoms with Crippen molar-refractivity contribution in [3.63, 3.8) is 0 Å². The van der Waals surface area contributed by atoms with Gasteiger partial charge in [0.05, 0.1) is 21.7 Å². The molecule has 0 aromatic heterocycles. The molecule has 0 aliphatic heterocycles. The third-order valence-corrected chi connectivity index (χ3v) is 5.87. The topological polar surface area (TPSA) is 33.0 Å². The first-order chi connectivity index (χ1) is 15.0. The standard InChI is InChI=1S/C26H16Cl3NO/c27-21-9-5-17(6-10-21)16-31-26-12-8-18-3-1-2-4-22(18)23(26)13-20(15-30)19-7-11-24(28)25(29)14-19/h1-14H,16H2/b20-13-. The third kappa shape index (κ3) is 4.86. The van der Waals surface area contributed by atoms with Crippen molar-refractivity contribution in [1.29, 1.82) is 5.26 Å². The summed E-state index contributed by atoms with van der Waals surface area (Å²) in [6.07, 6.45) is 1.83. The Bertz CT molecular complexity index is 1320. The van der Waals surface area contributed by atoms with Crippen molar-refractivity contribution in [3.8, 4) is 11.8 Å². The highest BCUT2D eigenvalue weighted by atomic mass is 35.5. The van der Waals surface area contributed by atoms with Crippen LogP contribution >= 0.6 is 34.8 Å². The average Bonchev–Trinajstić information content (AvgIpc) is 2.79. The summed E-state index contributed by atoms with van der Waals surface area (Å²) in [7, 11) is 0. The molecule has 0 fully saturated rings. The second-order valence-electron chi connectivity index (χ2n) is 6.91. The minimum absolute atomic E-state index is 0.380. The molecule has 0 amide bonds. The summed E-state index contributed by atoms with van der Waals surface area (Å²) in [5, 5.41) is 13.4. The smallest absolute Gasteiger partial charge is 0.127 e. The van der Waals surface area contributed by atoms with Crippen LogP contribution in [0.2, 0.25) is 15.1 Å². The summed E-state index contributed by atoms with van der Waals surface area (Å²) in [5.41, 5.74) is 2.98. The Kier molecular flexibility index (Phi) is 6.49. The molecule has 31 heavy (non-hydrogen) atoms. The molecule has 0 spiro atoms. The maximum atomic E-state index is 9.85. The summed E-state index contributed by atoms with van der Waals surface area (Å²) in [5.74, 6) is 0.682. The van der Waals surface area contributed by atoms with Crippen LogP contribution in [0.1, 0.15) is 16.7 Å². The van der Waals surface area contributed by atoms with Crippen LogP contribution in [0.5, 0.6) is 5.75 Å². The average molecular weight is 465 g/mol. The third-order valence-electron chi connectivity index (χ3n) is 4.88. The van der Waals surface area contributed by atoms with Crippen LogP contribution in [0, 0.1) is 11.3 Å². The minimum Gasteiger partial charge on any atom is -0.488 e. The van der Waals surface area contributed by atoms with Crippen LogP contribution in [-0.2, 0) is 6.61 Å². The molecule has 0 aliphatic rings. The SMILES string of the molecule is N#C/C(=C/c1c(OCc2ccc(Cl)cc2)ccc2ccccc12)c1ccc(Cl)c(Cl)c1. The molecule has 5 heteroatoms. The van der Waals surface area contributed by atoms with Gasteiger partial charge in [-0.1, -0.05) is 83.3 Å². The maximum absolute atomic E-state index is 9.85. The molecular formula is C26H16Cl3NO. The number of benzene rings is 4. The van der Waals surface area contributed by atoms with Gasteiger partial charge in [0.2, 0.25) is 0 Å². The van der Waals surface area contributed by atoms with E-state index < -0.39 is 0 Å². The first-order valence-electron chi connectivity index (χ1n) is 9.51. The van der Waals surface area contributed by atoms with E-state index in [1.54, 1.807) is 18.2 Å². The zero-order valence-electron chi connectivity index (χ0n) is 16.3. The van der Waals surface area contributed by atoms with Crippen molar-refractivity contribution in [3.05, 3.63) is 111 Å². The number of nitrogens with zero attached hydrogens (tertiary/aromatic N) is 1. The van der Waals surface area contributed by atoms with Gasteiger partial charge in [-0.3, -0.25) is 0 Å². The van der Waals surface area contributed by atoms with E-state index in [2.05, 4.69) is 6.07 Å². The normalized spacial score (nSPS) is 11.4. The second kappa shape index (κ2) is 9.45. The molecule has 0 heterocycles. The molecule has 4 rings (SSSR count). The van der Waals surface area contributed by atoms with Crippen LogP contribution in [0.4, 0.5) is 0 Å². The highest BCUT2D eigenvalue weighted by molar-refractivity contribution is 6.42. The Morgan fingerprint density at radius 3 is 2.39 bits per heavy atom. The van der Waals surface area contributed by atoms with Gasteiger partial charge in [0.25, 0.3) is 0 Å². The zero-order valence-corrected chi connectivity index (χ0v) is 18.5. The van der Waals surface area contributed by atoms with Crippen LogP contribution < -0.4 is 4.74 Å². The second-order valence-corrected chi connectivity index (χ2v) is 8.16. The first-order valence-corrected chi connectivity index (χ1v) is 10.6. The monoisotopic (exact) mass is 463 g/mol. The highest BCUT2D eigenvalue weighted by Gasteiger charge is 2.11. The summed E-state index contributed by atoms with van der Waals surface area (Å²) in [6.45, 7) is 0.380. The highest BCUT2D eigenvalue weighted by Crippen LogP contribution is 2.33. The fourth-order valence-electron chi connectivity index (χ4n) is 3.28. The van der Waals surface area contributed by atoms with Gasteiger partial charge in [0.1, 0.15) is 12.4 Å². The van der Waals surface area contributed by atoms with Gasteiger partial charge in [-0.05, 0) is 58.3 Å². The van der Waals surface area contributed by atoms with Gasteiger partial charge in [0, 0.05) is 10.6 Å². The molecule has 4 aromatic rings. The van der Waals surface area contributed by atoms with Crippen molar-refractivity contribution >= 4 is 57.2 Å². The van der Waals surface area contributed by atoms with Crippen LogP contribution in [0.3, 0.4) is 0 Å². The molecule has 0 unspecified atom stereocenters. The van der Waals surface area contributed by atoms with Crippen LogP contribution in [-0.4, -0.2) is 0 Å². The Balaban J connectivity index is 1.79. The number of fused-ring (bicyclic) bond motifs is 1. The van der Waals surface area contributed by atoms with Gasteiger partial charge in [-0.2, -0.15) is 5.26 Å². The predicted molar refractivity (Wildman–Crippen MR) is 130 cm³/mol. The summed E-state index contributed by atoms with van der Waals surface area (Å²) in [4.78, 5) is 0. The molecule has 0 aliphatic carbocycles. The molecule has 4 aromatic carbocycles. The van der Waals surface area contributed by atoms with Crippen molar-refractivity contribution < 1.29 is 4.74 Å². The number of nitriles is 1. The van der Waals surface area contributed by atoms with Crippen molar-refractivity contribution in [2.45, 2.75) is 6.61 Å². The molecule has 0 N–H and O–H groups in total. The lowest BCUT2D eigenvalue weighted by molar-refractivity contribution is 0.306. The summed E-state index contributed by atoms with van der Waals surface area (Å²) in [6, 6.07) is 26.9. The first kappa shape index (κ1) is 21.3. The molecule has 0 saturated carbocycles. The summed E-state index contributed by atoms with van der Waals surface area (Å²) >= 11 is 18.2. The van der Waals surface area contributed by atoms with Gasteiger partial charge >= 0.3 is 0 Å². The fraction of sp³-hybridized carbons (Fsp3) is 0.0385. The maximum Gasteiger partial charge on any atom is 0.127 e. The van der Waals surface area contributed by atoms with E-state index in [1.807, 2.05) is 66.7 Å². The fourth-order valence-corrected chi connectivity index (χ4v) is 3.70. The molecular weight excluding hydrogens is 449 g/mol. The van der Waals surface area contributed by atoms with Crippen LogP contribution in [0.25, 0.3) is 22.4 Å². The van der Waals surface area contributed by atoms with Gasteiger partial charge < -0.3 is 4.74 Å².